The number of benzene rings is 1. The number of nitrogens with zero attached hydrogens (tertiary/aromatic N) is 1. The van der Waals surface area contributed by atoms with E-state index in [1.54, 1.807) is 12.1 Å². The Hall–Kier alpha value is -1.42. The van der Waals surface area contributed by atoms with Gasteiger partial charge in [-0.15, -0.1) is 0 Å². The third kappa shape index (κ3) is 4.99. The quantitative estimate of drug-likeness (QED) is 0.734. The molecule has 4 heteroatoms. The van der Waals surface area contributed by atoms with Crippen molar-refractivity contribution in [3.63, 3.8) is 0 Å². The molecule has 0 aliphatic heterocycles. The van der Waals surface area contributed by atoms with E-state index in [4.69, 9.17) is 5.11 Å². The summed E-state index contributed by atoms with van der Waals surface area (Å²) in [7, 11) is 0. The second-order valence-electron chi connectivity index (χ2n) is 5.18. The van der Waals surface area contributed by atoms with Crippen LogP contribution in [-0.4, -0.2) is 28.6 Å². The van der Waals surface area contributed by atoms with E-state index in [2.05, 4.69) is 4.90 Å². The van der Waals surface area contributed by atoms with E-state index in [-0.39, 0.29) is 12.2 Å². The molecular formula is C15H20FNO2. The second-order valence-corrected chi connectivity index (χ2v) is 5.18. The molecule has 1 aliphatic carbocycles. The van der Waals surface area contributed by atoms with Gasteiger partial charge in [0, 0.05) is 19.0 Å². The molecule has 19 heavy (non-hydrogen) atoms. The van der Waals surface area contributed by atoms with Gasteiger partial charge in [-0.05, 0) is 49.9 Å². The van der Waals surface area contributed by atoms with E-state index >= 15 is 0 Å². The molecule has 0 atom stereocenters. The molecule has 0 spiro atoms. The van der Waals surface area contributed by atoms with Gasteiger partial charge in [0.15, 0.2) is 0 Å². The van der Waals surface area contributed by atoms with Crippen molar-refractivity contribution < 1.29 is 14.3 Å². The Morgan fingerprint density at radius 1 is 1.37 bits per heavy atom. The van der Waals surface area contributed by atoms with Gasteiger partial charge in [-0.1, -0.05) is 12.1 Å². The molecule has 1 N–H and O–H groups in total. The summed E-state index contributed by atoms with van der Waals surface area (Å²) < 4.78 is 13.1. The topological polar surface area (TPSA) is 40.5 Å². The van der Waals surface area contributed by atoms with E-state index in [0.717, 1.165) is 25.1 Å². The first-order chi connectivity index (χ1) is 9.15. The first kappa shape index (κ1) is 14.0. The molecule has 0 amide bonds. The van der Waals surface area contributed by atoms with E-state index < -0.39 is 5.97 Å². The van der Waals surface area contributed by atoms with Gasteiger partial charge in [0.2, 0.25) is 0 Å². The van der Waals surface area contributed by atoms with Crippen LogP contribution >= 0.6 is 0 Å². The summed E-state index contributed by atoms with van der Waals surface area (Å²) in [6, 6.07) is 7.31. The van der Waals surface area contributed by atoms with Crippen molar-refractivity contribution in [2.24, 2.45) is 0 Å². The van der Waals surface area contributed by atoms with Crippen molar-refractivity contribution >= 4 is 5.97 Å². The zero-order valence-electron chi connectivity index (χ0n) is 11.0. The fraction of sp³-hybridized carbons (Fsp3) is 0.533. The minimum absolute atomic E-state index is 0.195. The summed E-state index contributed by atoms with van der Waals surface area (Å²) in [6.07, 6.45) is 4.24. The molecule has 0 radical (unpaired) electrons. The highest BCUT2D eigenvalue weighted by Crippen LogP contribution is 2.28. The average Bonchev–Trinajstić information content (AvgIpc) is 3.17. The largest absolute Gasteiger partial charge is 0.481 e. The van der Waals surface area contributed by atoms with Crippen molar-refractivity contribution in [2.45, 2.75) is 44.7 Å². The summed E-state index contributed by atoms with van der Waals surface area (Å²) in [6.45, 7) is 1.66. The molecule has 2 rings (SSSR count). The standard InChI is InChI=1S/C15H20FNO2/c16-13-5-3-4-12(10-13)11-17(14-7-8-14)9-2-1-6-15(18)19/h3-5,10,14H,1-2,6-9,11H2,(H,18,19). The third-order valence-corrected chi connectivity index (χ3v) is 3.42. The van der Waals surface area contributed by atoms with Crippen molar-refractivity contribution in [3.8, 4) is 0 Å². The van der Waals surface area contributed by atoms with Crippen LogP contribution in [0.1, 0.15) is 37.7 Å². The van der Waals surface area contributed by atoms with Crippen LogP contribution in [0.5, 0.6) is 0 Å². The van der Waals surface area contributed by atoms with E-state index in [1.165, 1.54) is 18.9 Å². The highest BCUT2D eigenvalue weighted by molar-refractivity contribution is 5.66. The lowest BCUT2D eigenvalue weighted by molar-refractivity contribution is -0.137. The lowest BCUT2D eigenvalue weighted by Gasteiger charge is -2.22. The van der Waals surface area contributed by atoms with Crippen LogP contribution in [0.3, 0.4) is 0 Å². The van der Waals surface area contributed by atoms with Gasteiger partial charge >= 0.3 is 5.97 Å². The van der Waals surface area contributed by atoms with Crippen LogP contribution in [0.25, 0.3) is 0 Å². The Balaban J connectivity index is 1.81. The van der Waals surface area contributed by atoms with Gasteiger partial charge in [0.25, 0.3) is 0 Å². The SMILES string of the molecule is O=C(O)CCCCN(Cc1cccc(F)c1)C1CC1. The zero-order chi connectivity index (χ0) is 13.7. The van der Waals surface area contributed by atoms with Crippen LogP contribution in [0.15, 0.2) is 24.3 Å². The van der Waals surface area contributed by atoms with Crippen molar-refractivity contribution in [3.05, 3.63) is 35.6 Å². The Bertz CT molecular complexity index is 432. The van der Waals surface area contributed by atoms with Gasteiger partial charge in [-0.25, -0.2) is 4.39 Å². The Labute approximate surface area is 113 Å². The zero-order valence-corrected chi connectivity index (χ0v) is 11.0. The van der Waals surface area contributed by atoms with Crippen molar-refractivity contribution in [2.75, 3.05) is 6.54 Å². The molecule has 1 saturated carbocycles. The Morgan fingerprint density at radius 3 is 2.79 bits per heavy atom. The number of carboxylic acids is 1. The van der Waals surface area contributed by atoms with Gasteiger partial charge in [-0.2, -0.15) is 0 Å². The van der Waals surface area contributed by atoms with E-state index in [0.29, 0.717) is 12.5 Å². The fourth-order valence-electron chi connectivity index (χ4n) is 2.29. The molecule has 1 aliphatic rings. The summed E-state index contributed by atoms with van der Waals surface area (Å²) in [5, 5.41) is 8.61. The Morgan fingerprint density at radius 2 is 2.16 bits per heavy atom. The summed E-state index contributed by atoms with van der Waals surface area (Å²) >= 11 is 0. The average molecular weight is 265 g/mol. The molecule has 3 nitrogen and oxygen atoms in total. The minimum atomic E-state index is -0.733. The molecule has 0 unspecified atom stereocenters. The predicted molar refractivity (Wildman–Crippen MR) is 71.3 cm³/mol. The number of unbranched alkanes of at least 4 members (excludes halogenated alkanes) is 1. The first-order valence-corrected chi connectivity index (χ1v) is 6.85. The smallest absolute Gasteiger partial charge is 0.303 e. The molecule has 0 saturated heterocycles. The van der Waals surface area contributed by atoms with Crippen molar-refractivity contribution in [1.82, 2.24) is 4.90 Å². The van der Waals surface area contributed by atoms with Crippen molar-refractivity contribution in [1.29, 1.82) is 0 Å². The highest BCUT2D eigenvalue weighted by atomic mass is 19.1. The maximum absolute atomic E-state index is 13.1. The molecular weight excluding hydrogens is 245 g/mol. The molecule has 1 aromatic carbocycles. The van der Waals surface area contributed by atoms with Gasteiger partial charge in [0.1, 0.15) is 5.82 Å². The molecule has 0 bridgehead atoms. The van der Waals surface area contributed by atoms with Crippen LogP contribution in [0.2, 0.25) is 0 Å². The summed E-state index contributed by atoms with van der Waals surface area (Å²) in [5.41, 5.74) is 0.991. The summed E-state index contributed by atoms with van der Waals surface area (Å²) in [5.74, 6) is -0.928. The lowest BCUT2D eigenvalue weighted by Crippen LogP contribution is -2.26. The number of hydrogen-bond donors (Lipinski definition) is 1. The highest BCUT2D eigenvalue weighted by Gasteiger charge is 2.28. The molecule has 0 aromatic heterocycles. The van der Waals surface area contributed by atoms with Crippen LogP contribution < -0.4 is 0 Å². The first-order valence-electron chi connectivity index (χ1n) is 6.85. The predicted octanol–water partition coefficient (Wildman–Crippen LogP) is 3.05. The lowest BCUT2D eigenvalue weighted by atomic mass is 10.2. The van der Waals surface area contributed by atoms with Crippen LogP contribution in [0.4, 0.5) is 4.39 Å². The number of carbonyl (C=O) groups is 1. The van der Waals surface area contributed by atoms with E-state index in [9.17, 15) is 9.18 Å². The molecule has 104 valence electrons. The van der Waals surface area contributed by atoms with Gasteiger partial charge in [-0.3, -0.25) is 9.69 Å². The fourth-order valence-corrected chi connectivity index (χ4v) is 2.29. The third-order valence-electron chi connectivity index (χ3n) is 3.42. The number of aliphatic carboxylic acids is 1. The Kier molecular flexibility index (Phi) is 4.91. The van der Waals surface area contributed by atoms with Gasteiger partial charge in [0.05, 0.1) is 0 Å². The normalized spacial score (nSPS) is 14.8. The second kappa shape index (κ2) is 6.66. The maximum Gasteiger partial charge on any atom is 0.303 e. The van der Waals surface area contributed by atoms with Crippen LogP contribution in [0, 0.1) is 5.82 Å². The van der Waals surface area contributed by atoms with Crippen LogP contribution in [-0.2, 0) is 11.3 Å². The number of rotatable bonds is 8. The number of hydrogen-bond acceptors (Lipinski definition) is 2. The number of carboxylic acid groups (broad SMARTS) is 1. The minimum Gasteiger partial charge on any atom is -0.481 e. The molecule has 1 fully saturated rings. The maximum atomic E-state index is 13.1. The molecule has 1 aromatic rings. The van der Waals surface area contributed by atoms with E-state index in [1.807, 2.05) is 6.07 Å². The monoisotopic (exact) mass is 265 g/mol. The summed E-state index contributed by atoms with van der Waals surface area (Å²) in [4.78, 5) is 12.8. The number of halogens is 1. The van der Waals surface area contributed by atoms with Gasteiger partial charge < -0.3 is 5.11 Å². The molecule has 0 heterocycles.